The zero-order valence-corrected chi connectivity index (χ0v) is 28.6. The number of ether oxygens (including phenoxy) is 2. The molecule has 13 nitrogen and oxygen atoms in total. The third kappa shape index (κ3) is 8.74. The lowest BCUT2D eigenvalue weighted by atomic mass is 9.85. The summed E-state index contributed by atoms with van der Waals surface area (Å²) >= 11 is 0. The molecule has 0 aromatic heterocycles. The van der Waals surface area contributed by atoms with Crippen molar-refractivity contribution in [3.05, 3.63) is 35.4 Å². The zero-order valence-electron chi connectivity index (χ0n) is 28.6. The average molecular weight is 708 g/mol. The first-order valence-corrected chi connectivity index (χ1v) is 16.9. The first kappa shape index (κ1) is 37.1. The van der Waals surface area contributed by atoms with Crippen molar-refractivity contribution >= 4 is 35.3 Å². The fourth-order valence-electron chi connectivity index (χ4n) is 6.33. The second kappa shape index (κ2) is 14.6. The number of alkyl carbamates (subject to hydrolysis) is 1. The van der Waals surface area contributed by atoms with Crippen molar-refractivity contribution in [2.75, 3.05) is 19.8 Å². The van der Waals surface area contributed by atoms with Gasteiger partial charge in [-0.15, -0.1) is 0 Å². The van der Waals surface area contributed by atoms with E-state index in [-0.39, 0.29) is 38.5 Å². The number of amides is 4. The molecule has 5 atom stereocenters. The van der Waals surface area contributed by atoms with Gasteiger partial charge in [0.2, 0.25) is 17.6 Å². The Labute approximate surface area is 288 Å². The highest BCUT2D eigenvalue weighted by molar-refractivity contribution is 6.38. The summed E-state index contributed by atoms with van der Waals surface area (Å²) in [6, 6.07) is 0.824. The summed E-state index contributed by atoms with van der Waals surface area (Å²) in [5.74, 6) is -2.91. The number of Topliss-reactive ketones (excluding diaryl/α,β-unsaturated/α-hetero) is 1. The van der Waals surface area contributed by atoms with E-state index in [9.17, 15) is 37.1 Å². The Morgan fingerprint density at radius 3 is 2.34 bits per heavy atom. The van der Waals surface area contributed by atoms with Crippen LogP contribution < -0.4 is 16.0 Å². The van der Waals surface area contributed by atoms with Crippen molar-refractivity contribution in [1.29, 1.82) is 0 Å². The third-order valence-electron chi connectivity index (χ3n) is 9.25. The number of benzene rings is 1. The van der Waals surface area contributed by atoms with Gasteiger partial charge in [0, 0.05) is 25.3 Å². The molecule has 3 N–H and O–H groups in total. The molecule has 4 aliphatic rings. The number of nitrogens with one attached hydrogen (secondary N) is 3. The van der Waals surface area contributed by atoms with Crippen molar-refractivity contribution in [2.45, 2.75) is 115 Å². The minimum atomic E-state index is -4.52. The fourth-order valence-corrected chi connectivity index (χ4v) is 6.33. The number of carbonyl (C=O) groups excluding carboxylic acids is 5. The van der Waals surface area contributed by atoms with Gasteiger partial charge in [-0.1, -0.05) is 51.4 Å². The number of oxime groups is 1. The van der Waals surface area contributed by atoms with E-state index in [4.69, 9.17) is 14.3 Å². The summed E-state index contributed by atoms with van der Waals surface area (Å²) in [5, 5.41) is 12.1. The first-order chi connectivity index (χ1) is 23.5. The summed E-state index contributed by atoms with van der Waals surface area (Å²) in [6.07, 6.45) is -3.15. The van der Waals surface area contributed by atoms with Gasteiger partial charge in [-0.3, -0.25) is 19.2 Å². The molecule has 3 heterocycles. The van der Waals surface area contributed by atoms with Crippen molar-refractivity contribution in [3.63, 3.8) is 0 Å². The molecule has 16 heteroatoms. The Bertz CT molecular complexity index is 1500. The smallest absolute Gasteiger partial charge is 0.416 e. The van der Waals surface area contributed by atoms with Crippen LogP contribution in [0, 0.1) is 5.41 Å². The maximum absolute atomic E-state index is 14.4. The van der Waals surface area contributed by atoms with E-state index in [1.165, 1.54) is 17.0 Å². The van der Waals surface area contributed by atoms with Crippen LogP contribution in [-0.4, -0.2) is 95.8 Å². The van der Waals surface area contributed by atoms with E-state index < -0.39 is 76.6 Å². The van der Waals surface area contributed by atoms with Gasteiger partial charge in [0.1, 0.15) is 18.2 Å². The Balaban J connectivity index is 1.39. The van der Waals surface area contributed by atoms with E-state index in [2.05, 4.69) is 21.1 Å². The Kier molecular flexibility index (Phi) is 10.8. The largest absolute Gasteiger partial charge is 0.444 e. The summed E-state index contributed by atoms with van der Waals surface area (Å²) in [7, 11) is 0. The zero-order chi connectivity index (χ0) is 36.4. The molecular formula is C34H44F3N5O8. The molecule has 3 aliphatic heterocycles. The molecule has 1 aromatic carbocycles. The molecule has 0 bridgehead atoms. The van der Waals surface area contributed by atoms with Crippen molar-refractivity contribution < 1.29 is 51.5 Å². The number of carbonyl (C=O) groups is 5. The monoisotopic (exact) mass is 707 g/mol. The number of ketones is 1. The van der Waals surface area contributed by atoms with Gasteiger partial charge in [-0.25, -0.2) is 4.79 Å². The first-order valence-electron chi connectivity index (χ1n) is 16.9. The van der Waals surface area contributed by atoms with E-state index in [0.717, 1.165) is 25.0 Å². The van der Waals surface area contributed by atoms with E-state index in [1.54, 1.807) is 27.7 Å². The number of hydrogen-bond acceptors (Lipinski definition) is 9. The van der Waals surface area contributed by atoms with Crippen molar-refractivity contribution in [3.8, 4) is 0 Å². The highest BCUT2D eigenvalue weighted by atomic mass is 19.4. The van der Waals surface area contributed by atoms with Gasteiger partial charge in [0.25, 0.3) is 5.91 Å². The van der Waals surface area contributed by atoms with Crippen LogP contribution in [0.1, 0.15) is 83.8 Å². The van der Waals surface area contributed by atoms with Crippen LogP contribution in [0.2, 0.25) is 0 Å². The van der Waals surface area contributed by atoms with Gasteiger partial charge in [-0.05, 0) is 42.4 Å². The van der Waals surface area contributed by atoms with Crippen LogP contribution in [0.25, 0.3) is 0 Å². The number of hydrogen-bond donors (Lipinski definition) is 3. The number of alkyl halides is 3. The quantitative estimate of drug-likeness (QED) is 0.295. The number of halogens is 3. The van der Waals surface area contributed by atoms with E-state index in [0.29, 0.717) is 30.7 Å². The molecule has 274 valence electrons. The molecule has 0 radical (unpaired) electrons. The maximum Gasteiger partial charge on any atom is 0.416 e. The molecule has 1 spiro atoms. The highest BCUT2D eigenvalue weighted by Crippen LogP contribution is 2.40. The van der Waals surface area contributed by atoms with Gasteiger partial charge in [0.05, 0.1) is 37.1 Å². The third-order valence-corrected chi connectivity index (χ3v) is 9.25. The minimum absolute atomic E-state index is 0.0599. The number of likely N-dealkylation sites (tertiary alicyclic amines) is 1. The number of rotatable bonds is 11. The predicted molar refractivity (Wildman–Crippen MR) is 172 cm³/mol. The molecule has 50 heavy (non-hydrogen) atoms. The number of nitrogens with zero attached hydrogens (tertiary/aromatic N) is 2. The molecule has 1 unspecified atom stereocenters. The highest BCUT2D eigenvalue weighted by Gasteiger charge is 2.56. The molecular weight excluding hydrogens is 663 g/mol. The molecule has 2 saturated heterocycles. The Morgan fingerprint density at radius 2 is 1.76 bits per heavy atom. The predicted octanol–water partition coefficient (Wildman–Crippen LogP) is 3.23. The van der Waals surface area contributed by atoms with Crippen LogP contribution >= 0.6 is 0 Å². The van der Waals surface area contributed by atoms with Gasteiger partial charge < -0.3 is 35.2 Å². The van der Waals surface area contributed by atoms with Gasteiger partial charge >= 0.3 is 12.3 Å². The normalized spacial score (nSPS) is 24.6. The molecule has 1 saturated carbocycles. The molecule has 4 amide bonds. The van der Waals surface area contributed by atoms with E-state index in [1.807, 2.05) is 0 Å². The van der Waals surface area contributed by atoms with Crippen molar-refractivity contribution in [2.24, 2.45) is 10.6 Å². The lowest BCUT2D eigenvalue weighted by Crippen LogP contribution is -2.59. The topological polar surface area (TPSA) is 165 Å². The van der Waals surface area contributed by atoms with Gasteiger partial charge in [0.15, 0.2) is 5.60 Å². The minimum Gasteiger partial charge on any atom is -0.444 e. The van der Waals surface area contributed by atoms with Crippen LogP contribution in [-0.2, 0) is 39.7 Å². The summed E-state index contributed by atoms with van der Waals surface area (Å²) in [6.45, 7) is 7.52. The summed E-state index contributed by atoms with van der Waals surface area (Å²) in [5.41, 5.74) is -2.22. The van der Waals surface area contributed by atoms with Crippen molar-refractivity contribution in [1.82, 2.24) is 20.9 Å². The lowest BCUT2D eigenvalue weighted by molar-refractivity contribution is -0.144. The molecule has 5 rings (SSSR count). The molecule has 3 fully saturated rings. The second-order valence-corrected chi connectivity index (χ2v) is 14.5. The van der Waals surface area contributed by atoms with Crippen LogP contribution in [0.4, 0.5) is 18.0 Å². The average Bonchev–Trinajstić information content (AvgIpc) is 3.39. The lowest BCUT2D eigenvalue weighted by Gasteiger charge is -2.35. The fraction of sp³-hybridized carbons (Fsp3) is 0.647. The second-order valence-electron chi connectivity index (χ2n) is 14.5. The maximum atomic E-state index is 14.4. The van der Waals surface area contributed by atoms with Crippen LogP contribution in [0.3, 0.4) is 0 Å². The summed E-state index contributed by atoms with van der Waals surface area (Å²) < 4.78 is 50.3. The standard InChI is InChI=1S/C34H44F3N5O8/c1-5-6-23(26(43)29(45)38-21-11-12-21)39-28(44)25-16-33(15-24(41-50-33)19-7-9-20(10-8-19)34(35,36)37)18-42(25)30(46)27(32(2,3)4)40-31(47)49-22-13-14-48-17-22/h7-10,21-23,25,27H,5-6,11-18H2,1-4H3,(H,38,45)(H,39,44)(H,40,47)/t22-,23-,25?,27+,33+/m0/s1. The summed E-state index contributed by atoms with van der Waals surface area (Å²) in [4.78, 5) is 74.3. The van der Waals surface area contributed by atoms with Gasteiger partial charge in [-0.2, -0.15) is 13.2 Å². The molecule has 1 aliphatic carbocycles. The van der Waals surface area contributed by atoms with Crippen LogP contribution in [0.5, 0.6) is 0 Å². The van der Waals surface area contributed by atoms with Crippen LogP contribution in [0.15, 0.2) is 29.4 Å². The molecule has 1 aromatic rings. The van der Waals surface area contributed by atoms with E-state index >= 15 is 0 Å². The Morgan fingerprint density at radius 1 is 1.06 bits per heavy atom. The SMILES string of the molecule is CCC[C@H](NC(=O)C1C[C@]2(CC(c3ccc(C(F)(F)F)cc3)=NO2)CN1C(=O)[C@@H](NC(=O)O[C@H]1CCOC1)C(C)(C)C)C(=O)C(=O)NC1CC1. The Hall–Kier alpha value is -4.21.